The first-order valence-electron chi connectivity index (χ1n) is 9.31. The maximum atomic E-state index is 9.07. The Bertz CT molecular complexity index is 753. The summed E-state index contributed by atoms with van der Waals surface area (Å²) in [5, 5.41) is 9.07. The number of hydrogen-bond donors (Lipinski definition) is 0. The SMILES string of the molecule is Cc1cnc(CC2CCCN(Cc3cccc(C#N)c3)C2)n1C(C)C. The summed E-state index contributed by atoms with van der Waals surface area (Å²) < 4.78 is 2.37. The average Bonchev–Trinajstić information content (AvgIpc) is 2.96. The van der Waals surface area contributed by atoms with Crippen LogP contribution in [-0.2, 0) is 13.0 Å². The van der Waals surface area contributed by atoms with Crippen LogP contribution >= 0.6 is 0 Å². The number of likely N-dealkylation sites (tertiary alicyclic amines) is 1. The lowest BCUT2D eigenvalue weighted by molar-refractivity contribution is 0.165. The molecule has 1 aliphatic rings. The van der Waals surface area contributed by atoms with Crippen LogP contribution in [0, 0.1) is 24.2 Å². The van der Waals surface area contributed by atoms with Gasteiger partial charge in [-0.1, -0.05) is 12.1 Å². The number of piperidine rings is 1. The Morgan fingerprint density at radius 3 is 2.96 bits per heavy atom. The Morgan fingerprint density at radius 1 is 1.36 bits per heavy atom. The third-order valence-corrected chi connectivity index (χ3v) is 5.11. The summed E-state index contributed by atoms with van der Waals surface area (Å²) in [6.07, 6.45) is 5.58. The van der Waals surface area contributed by atoms with E-state index in [4.69, 9.17) is 5.26 Å². The summed E-state index contributed by atoms with van der Waals surface area (Å²) in [6, 6.07) is 10.7. The van der Waals surface area contributed by atoms with Crippen molar-refractivity contribution in [2.75, 3.05) is 13.1 Å². The van der Waals surface area contributed by atoms with Gasteiger partial charge in [-0.25, -0.2) is 4.98 Å². The second kappa shape index (κ2) is 7.84. The average molecular weight is 336 g/mol. The Balaban J connectivity index is 1.64. The molecule has 0 aliphatic carbocycles. The zero-order chi connectivity index (χ0) is 17.8. The van der Waals surface area contributed by atoms with Crippen molar-refractivity contribution in [1.29, 1.82) is 5.26 Å². The standard InChI is InChI=1S/C21H28N4/c1-16(2)25-17(3)13-23-21(25)11-20-8-5-9-24(15-20)14-19-7-4-6-18(10-19)12-22/h4,6-7,10,13,16,20H,5,8-9,11,14-15H2,1-3H3. The Labute approximate surface area is 151 Å². The van der Waals surface area contributed by atoms with Gasteiger partial charge in [0.15, 0.2) is 0 Å². The van der Waals surface area contributed by atoms with Crippen molar-refractivity contribution >= 4 is 0 Å². The molecule has 0 amide bonds. The summed E-state index contributed by atoms with van der Waals surface area (Å²) in [5.74, 6) is 1.89. The van der Waals surface area contributed by atoms with Gasteiger partial charge in [0.2, 0.25) is 0 Å². The predicted octanol–water partition coefficient (Wildman–Crippen LogP) is 4.10. The molecule has 1 aliphatic heterocycles. The molecular weight excluding hydrogens is 308 g/mol. The molecule has 1 aromatic carbocycles. The summed E-state index contributed by atoms with van der Waals surface area (Å²) in [6.45, 7) is 9.79. The molecule has 25 heavy (non-hydrogen) atoms. The lowest BCUT2D eigenvalue weighted by atomic mass is 9.94. The summed E-state index contributed by atoms with van der Waals surface area (Å²) in [5.41, 5.74) is 3.24. The maximum Gasteiger partial charge on any atom is 0.109 e. The van der Waals surface area contributed by atoms with Crippen LogP contribution in [0.15, 0.2) is 30.5 Å². The second-order valence-electron chi connectivity index (χ2n) is 7.54. The van der Waals surface area contributed by atoms with Gasteiger partial charge in [-0.2, -0.15) is 5.26 Å². The molecule has 0 spiro atoms. The molecule has 132 valence electrons. The fraction of sp³-hybridized carbons (Fsp3) is 0.524. The van der Waals surface area contributed by atoms with Gasteiger partial charge < -0.3 is 4.57 Å². The molecule has 2 aromatic rings. The molecule has 0 saturated carbocycles. The third-order valence-electron chi connectivity index (χ3n) is 5.11. The summed E-state index contributed by atoms with van der Waals surface area (Å²) >= 11 is 0. The zero-order valence-corrected chi connectivity index (χ0v) is 15.6. The number of nitrogens with zero attached hydrogens (tertiary/aromatic N) is 4. The molecule has 1 unspecified atom stereocenters. The minimum atomic E-state index is 0.464. The number of hydrogen-bond acceptors (Lipinski definition) is 3. The van der Waals surface area contributed by atoms with E-state index < -0.39 is 0 Å². The van der Waals surface area contributed by atoms with Crippen LogP contribution in [0.3, 0.4) is 0 Å². The van der Waals surface area contributed by atoms with Crippen molar-refractivity contribution in [3.05, 3.63) is 53.1 Å². The number of aromatic nitrogens is 2. The van der Waals surface area contributed by atoms with Gasteiger partial charge in [0.25, 0.3) is 0 Å². The lowest BCUT2D eigenvalue weighted by Crippen LogP contribution is -2.36. The van der Waals surface area contributed by atoms with Gasteiger partial charge in [0, 0.05) is 37.4 Å². The highest BCUT2D eigenvalue weighted by molar-refractivity contribution is 5.32. The molecule has 0 radical (unpaired) electrons. The number of nitriles is 1. The third kappa shape index (κ3) is 4.29. The Morgan fingerprint density at radius 2 is 2.20 bits per heavy atom. The molecule has 0 N–H and O–H groups in total. The Hall–Kier alpha value is -2.12. The van der Waals surface area contributed by atoms with Crippen LogP contribution < -0.4 is 0 Å². The summed E-state index contributed by atoms with van der Waals surface area (Å²) in [4.78, 5) is 7.20. The smallest absolute Gasteiger partial charge is 0.109 e. The predicted molar refractivity (Wildman–Crippen MR) is 100 cm³/mol. The Kier molecular flexibility index (Phi) is 5.55. The fourth-order valence-corrected chi connectivity index (χ4v) is 4.07. The van der Waals surface area contributed by atoms with E-state index in [1.807, 2.05) is 24.4 Å². The van der Waals surface area contributed by atoms with Gasteiger partial charge >= 0.3 is 0 Å². The number of rotatable bonds is 5. The van der Waals surface area contributed by atoms with Crippen molar-refractivity contribution < 1.29 is 0 Å². The van der Waals surface area contributed by atoms with E-state index in [0.29, 0.717) is 12.0 Å². The van der Waals surface area contributed by atoms with Crippen molar-refractivity contribution in [2.24, 2.45) is 5.92 Å². The van der Waals surface area contributed by atoms with Gasteiger partial charge in [-0.15, -0.1) is 0 Å². The largest absolute Gasteiger partial charge is 0.330 e. The molecule has 1 atom stereocenters. The molecule has 4 heteroatoms. The first-order chi connectivity index (χ1) is 12.1. The number of imidazole rings is 1. The van der Waals surface area contributed by atoms with E-state index in [1.165, 1.54) is 29.9 Å². The van der Waals surface area contributed by atoms with Crippen LogP contribution in [0.4, 0.5) is 0 Å². The van der Waals surface area contributed by atoms with E-state index in [2.05, 4.69) is 47.4 Å². The molecule has 1 saturated heterocycles. The molecular formula is C21H28N4. The van der Waals surface area contributed by atoms with E-state index in [0.717, 1.165) is 31.6 Å². The number of aryl methyl sites for hydroxylation is 1. The molecule has 1 fully saturated rings. The molecule has 2 heterocycles. The van der Waals surface area contributed by atoms with Crippen molar-refractivity contribution in [3.8, 4) is 6.07 Å². The van der Waals surface area contributed by atoms with Crippen LogP contribution in [-0.4, -0.2) is 27.5 Å². The van der Waals surface area contributed by atoms with E-state index in [-0.39, 0.29) is 0 Å². The van der Waals surface area contributed by atoms with Gasteiger partial charge in [-0.3, -0.25) is 4.90 Å². The van der Waals surface area contributed by atoms with Crippen LogP contribution in [0.1, 0.15) is 55.4 Å². The van der Waals surface area contributed by atoms with Gasteiger partial charge in [0.1, 0.15) is 5.82 Å². The first-order valence-corrected chi connectivity index (χ1v) is 9.31. The second-order valence-corrected chi connectivity index (χ2v) is 7.54. The summed E-state index contributed by atoms with van der Waals surface area (Å²) in [7, 11) is 0. The highest BCUT2D eigenvalue weighted by Gasteiger charge is 2.22. The van der Waals surface area contributed by atoms with Crippen molar-refractivity contribution in [2.45, 2.75) is 52.6 Å². The monoisotopic (exact) mass is 336 g/mol. The van der Waals surface area contributed by atoms with Crippen molar-refractivity contribution in [3.63, 3.8) is 0 Å². The van der Waals surface area contributed by atoms with Gasteiger partial charge in [-0.05, 0) is 63.8 Å². The van der Waals surface area contributed by atoms with E-state index in [1.54, 1.807) is 0 Å². The van der Waals surface area contributed by atoms with Crippen LogP contribution in [0.2, 0.25) is 0 Å². The molecule has 1 aromatic heterocycles. The number of benzene rings is 1. The lowest BCUT2D eigenvalue weighted by Gasteiger charge is -2.33. The first kappa shape index (κ1) is 17.7. The minimum absolute atomic E-state index is 0.464. The van der Waals surface area contributed by atoms with Crippen LogP contribution in [0.5, 0.6) is 0 Å². The molecule has 0 bridgehead atoms. The molecule has 4 nitrogen and oxygen atoms in total. The normalized spacial score (nSPS) is 18.4. The fourth-order valence-electron chi connectivity index (χ4n) is 4.07. The van der Waals surface area contributed by atoms with Gasteiger partial charge in [0.05, 0.1) is 11.6 Å². The van der Waals surface area contributed by atoms with E-state index in [9.17, 15) is 0 Å². The zero-order valence-electron chi connectivity index (χ0n) is 15.6. The highest BCUT2D eigenvalue weighted by atomic mass is 15.1. The highest BCUT2D eigenvalue weighted by Crippen LogP contribution is 2.24. The van der Waals surface area contributed by atoms with E-state index >= 15 is 0 Å². The van der Waals surface area contributed by atoms with Crippen LogP contribution in [0.25, 0.3) is 0 Å². The topological polar surface area (TPSA) is 44.9 Å². The maximum absolute atomic E-state index is 9.07. The van der Waals surface area contributed by atoms with Crippen molar-refractivity contribution in [1.82, 2.24) is 14.5 Å². The minimum Gasteiger partial charge on any atom is -0.330 e. The quantitative estimate of drug-likeness (QED) is 0.826. The molecule has 3 rings (SSSR count).